The minimum Gasteiger partial charge on any atom is -0.479 e. The molecule has 170 valence electrons. The van der Waals surface area contributed by atoms with Crippen LogP contribution >= 0.6 is 0 Å². The fourth-order valence-electron chi connectivity index (χ4n) is 4.07. The number of fused-ring (bicyclic) bond motifs is 1. The normalized spacial score (nSPS) is 15.2. The Labute approximate surface area is 186 Å². The van der Waals surface area contributed by atoms with Gasteiger partial charge in [-0.15, -0.1) is 0 Å². The first kappa shape index (κ1) is 22.2. The van der Waals surface area contributed by atoms with Gasteiger partial charge in [-0.2, -0.15) is 4.31 Å². The van der Waals surface area contributed by atoms with Crippen molar-refractivity contribution in [3.63, 3.8) is 0 Å². The zero-order valence-corrected chi connectivity index (χ0v) is 19.0. The van der Waals surface area contributed by atoms with Gasteiger partial charge in [0.2, 0.25) is 10.0 Å². The van der Waals surface area contributed by atoms with Crippen molar-refractivity contribution in [1.29, 1.82) is 0 Å². The summed E-state index contributed by atoms with van der Waals surface area (Å²) in [6.07, 6.45) is 2.80. The molecule has 4 rings (SSSR count). The van der Waals surface area contributed by atoms with Crippen molar-refractivity contribution >= 4 is 26.7 Å². The third kappa shape index (κ3) is 4.20. The highest BCUT2D eigenvalue weighted by Gasteiger charge is 2.27. The highest BCUT2D eigenvalue weighted by Crippen LogP contribution is 2.29. The zero-order valence-electron chi connectivity index (χ0n) is 18.2. The number of benzene rings is 2. The molecule has 0 atom stereocenters. The van der Waals surface area contributed by atoms with Crippen molar-refractivity contribution in [2.45, 2.75) is 51.2 Å². The van der Waals surface area contributed by atoms with Crippen molar-refractivity contribution < 1.29 is 18.1 Å². The Morgan fingerprint density at radius 2 is 1.88 bits per heavy atom. The SMILES string of the molecule is CCn1c(COc2ccc(C)cc2[N+](=O)[O-])nc2cc(S(=O)(=O)N3CCCCC3)ccc21. The largest absolute Gasteiger partial charge is 0.479 e. The van der Waals surface area contributed by atoms with Gasteiger partial charge in [-0.3, -0.25) is 10.1 Å². The summed E-state index contributed by atoms with van der Waals surface area (Å²) >= 11 is 0. The summed E-state index contributed by atoms with van der Waals surface area (Å²) in [6, 6.07) is 9.79. The number of sulfonamides is 1. The van der Waals surface area contributed by atoms with Gasteiger partial charge in [0, 0.05) is 25.7 Å². The van der Waals surface area contributed by atoms with E-state index in [1.165, 1.54) is 10.4 Å². The molecule has 3 aromatic rings. The maximum atomic E-state index is 13.0. The van der Waals surface area contributed by atoms with Crippen molar-refractivity contribution in [1.82, 2.24) is 13.9 Å². The molecule has 2 aromatic carbocycles. The van der Waals surface area contributed by atoms with E-state index >= 15 is 0 Å². The van der Waals surface area contributed by atoms with Crippen LogP contribution < -0.4 is 4.74 Å². The number of hydrogen-bond donors (Lipinski definition) is 0. The Morgan fingerprint density at radius 3 is 2.56 bits per heavy atom. The number of piperidine rings is 1. The molecular formula is C22H26N4O5S. The summed E-state index contributed by atoms with van der Waals surface area (Å²) in [6.45, 7) is 5.45. The maximum absolute atomic E-state index is 13.0. The molecule has 0 saturated carbocycles. The quantitative estimate of drug-likeness (QED) is 0.391. The Balaban J connectivity index is 1.64. The third-order valence-electron chi connectivity index (χ3n) is 5.74. The lowest BCUT2D eigenvalue weighted by atomic mass is 10.2. The summed E-state index contributed by atoms with van der Waals surface area (Å²) in [5.41, 5.74) is 2.02. The van der Waals surface area contributed by atoms with Crippen LogP contribution in [-0.2, 0) is 23.2 Å². The number of nitro benzene ring substituents is 1. The lowest BCUT2D eigenvalue weighted by Gasteiger charge is -2.25. The van der Waals surface area contributed by atoms with Gasteiger partial charge in [-0.1, -0.05) is 12.5 Å². The Morgan fingerprint density at radius 1 is 1.12 bits per heavy atom. The third-order valence-corrected chi connectivity index (χ3v) is 7.63. The predicted molar refractivity (Wildman–Crippen MR) is 120 cm³/mol. The van der Waals surface area contributed by atoms with Crippen LogP contribution in [-0.4, -0.2) is 40.3 Å². The molecule has 2 heterocycles. The molecule has 0 amide bonds. The highest BCUT2D eigenvalue weighted by molar-refractivity contribution is 7.89. The second-order valence-corrected chi connectivity index (χ2v) is 9.84. The van der Waals surface area contributed by atoms with Crippen LogP contribution in [0.25, 0.3) is 11.0 Å². The van der Waals surface area contributed by atoms with Crippen molar-refractivity contribution in [2.75, 3.05) is 13.1 Å². The van der Waals surface area contributed by atoms with E-state index in [9.17, 15) is 18.5 Å². The first-order chi connectivity index (χ1) is 15.3. The van der Waals surface area contributed by atoms with Gasteiger partial charge in [-0.25, -0.2) is 13.4 Å². The van der Waals surface area contributed by atoms with Gasteiger partial charge in [-0.05, 0) is 56.5 Å². The number of nitrogens with zero attached hydrogens (tertiary/aromatic N) is 4. The molecule has 1 aromatic heterocycles. The lowest BCUT2D eigenvalue weighted by molar-refractivity contribution is -0.386. The average Bonchev–Trinajstić information content (AvgIpc) is 3.15. The summed E-state index contributed by atoms with van der Waals surface area (Å²) in [4.78, 5) is 15.7. The molecule has 10 heteroatoms. The molecule has 1 aliphatic heterocycles. The summed E-state index contributed by atoms with van der Waals surface area (Å²) in [5, 5.41) is 11.4. The van der Waals surface area contributed by atoms with E-state index in [0.717, 1.165) is 30.3 Å². The van der Waals surface area contributed by atoms with Gasteiger partial charge in [0.25, 0.3) is 0 Å². The fraction of sp³-hybridized carbons (Fsp3) is 0.409. The Hall–Kier alpha value is -2.98. The van der Waals surface area contributed by atoms with Gasteiger partial charge in [0.1, 0.15) is 12.4 Å². The topological polar surface area (TPSA) is 108 Å². The minimum atomic E-state index is -3.56. The molecule has 0 unspecified atom stereocenters. The van der Waals surface area contributed by atoms with E-state index in [4.69, 9.17) is 4.74 Å². The van der Waals surface area contributed by atoms with Crippen molar-refractivity contribution in [3.8, 4) is 5.75 Å². The van der Waals surface area contributed by atoms with Gasteiger partial charge in [0.15, 0.2) is 5.75 Å². The van der Waals surface area contributed by atoms with Crippen molar-refractivity contribution in [3.05, 3.63) is 57.9 Å². The first-order valence-corrected chi connectivity index (χ1v) is 12.1. The number of rotatable bonds is 7. The molecule has 0 aliphatic carbocycles. The van der Waals surface area contributed by atoms with Crippen LogP contribution in [0.15, 0.2) is 41.3 Å². The Bertz CT molecular complexity index is 1260. The van der Waals surface area contributed by atoms with E-state index in [0.29, 0.717) is 31.0 Å². The first-order valence-electron chi connectivity index (χ1n) is 10.7. The number of nitro groups is 1. The molecule has 9 nitrogen and oxygen atoms in total. The van der Waals surface area contributed by atoms with Crippen LogP contribution in [0.2, 0.25) is 0 Å². The summed E-state index contributed by atoms with van der Waals surface area (Å²) in [5.74, 6) is 0.744. The van der Waals surface area contributed by atoms with E-state index in [1.807, 2.05) is 11.5 Å². The molecule has 1 fully saturated rings. The second-order valence-electron chi connectivity index (χ2n) is 7.90. The molecule has 0 N–H and O–H groups in total. The van der Waals surface area contributed by atoms with Gasteiger partial charge in [0.05, 0.1) is 20.9 Å². The lowest BCUT2D eigenvalue weighted by Crippen LogP contribution is -2.35. The number of aryl methyl sites for hydroxylation is 2. The summed E-state index contributed by atoms with van der Waals surface area (Å²) < 4.78 is 35.3. The zero-order chi connectivity index (χ0) is 22.9. The van der Waals surface area contributed by atoms with E-state index in [1.54, 1.807) is 37.3 Å². The minimum absolute atomic E-state index is 0.0284. The number of hydrogen-bond acceptors (Lipinski definition) is 6. The standard InChI is InChI=1S/C22H26N4O5S/c1-3-25-19-9-8-17(32(29,30)24-11-5-4-6-12-24)14-18(19)23-22(25)15-31-21-10-7-16(2)13-20(21)26(27)28/h7-10,13-14H,3-6,11-12,15H2,1-2H3. The molecule has 1 aliphatic rings. The second kappa shape index (κ2) is 8.87. The molecule has 1 saturated heterocycles. The molecular weight excluding hydrogens is 432 g/mol. The van der Waals surface area contributed by atoms with Crippen LogP contribution in [0.1, 0.15) is 37.6 Å². The van der Waals surface area contributed by atoms with Gasteiger partial charge < -0.3 is 9.30 Å². The summed E-state index contributed by atoms with van der Waals surface area (Å²) in [7, 11) is -3.56. The van der Waals surface area contributed by atoms with Gasteiger partial charge >= 0.3 is 5.69 Å². The monoisotopic (exact) mass is 458 g/mol. The maximum Gasteiger partial charge on any atom is 0.311 e. The number of aromatic nitrogens is 2. The van der Waals surface area contributed by atoms with E-state index in [-0.39, 0.29) is 22.9 Å². The number of ether oxygens (including phenoxy) is 1. The van der Waals surface area contributed by atoms with E-state index < -0.39 is 14.9 Å². The molecule has 0 radical (unpaired) electrons. The fourth-order valence-corrected chi connectivity index (χ4v) is 5.61. The van der Waals surface area contributed by atoms with Crippen LogP contribution in [0.3, 0.4) is 0 Å². The van der Waals surface area contributed by atoms with E-state index in [2.05, 4.69) is 4.98 Å². The van der Waals surface area contributed by atoms with Crippen LogP contribution in [0.4, 0.5) is 5.69 Å². The van der Waals surface area contributed by atoms with Crippen LogP contribution in [0.5, 0.6) is 5.75 Å². The highest BCUT2D eigenvalue weighted by atomic mass is 32.2. The Kier molecular flexibility index (Phi) is 6.16. The predicted octanol–water partition coefficient (Wildman–Crippen LogP) is 4.03. The average molecular weight is 459 g/mol. The van der Waals surface area contributed by atoms with Crippen LogP contribution in [0, 0.1) is 17.0 Å². The molecule has 0 spiro atoms. The smallest absolute Gasteiger partial charge is 0.311 e. The molecule has 32 heavy (non-hydrogen) atoms. The number of imidazole rings is 1. The molecule has 0 bridgehead atoms. The van der Waals surface area contributed by atoms with Crippen molar-refractivity contribution in [2.24, 2.45) is 0 Å².